The molecule has 1 atom stereocenters. The van der Waals surface area contributed by atoms with Crippen LogP contribution >= 0.6 is 0 Å². The summed E-state index contributed by atoms with van der Waals surface area (Å²) in [4.78, 5) is 0. The van der Waals surface area contributed by atoms with E-state index in [4.69, 9.17) is 5.73 Å². The molecule has 0 heterocycles. The highest BCUT2D eigenvalue weighted by Crippen LogP contribution is 2.39. The topological polar surface area (TPSA) is 46.2 Å². The smallest absolute Gasteiger partial charge is 0.116 e. The van der Waals surface area contributed by atoms with Crippen LogP contribution in [-0.2, 0) is 0 Å². The molecule has 1 aliphatic carbocycles. The quantitative estimate of drug-likeness (QED) is 0.470. The molecule has 3 N–H and O–H groups in total. The number of nitrogens with two attached hydrogens (primary N) is 1. The number of rotatable bonds is 5. The molecule has 11 heavy (non-hydrogen) atoms. The second-order valence-electron chi connectivity index (χ2n) is 3.72. The molecule has 1 fully saturated rings. The predicted molar refractivity (Wildman–Crippen MR) is 46.0 cm³/mol. The zero-order valence-electron chi connectivity index (χ0n) is 7.34. The molecular formula is C9H19NO. The van der Waals surface area contributed by atoms with Gasteiger partial charge in [-0.2, -0.15) is 0 Å². The largest absolute Gasteiger partial charge is 0.376 e. The maximum atomic E-state index is 9.66. The highest BCUT2D eigenvalue weighted by Gasteiger charge is 2.39. The standard InChI is InChI=1S/C9H19NO/c1-2-3-4-7-9(10,11)8-5-6-8/h8,11H,2-7,10H2,1H3. The molecule has 0 spiro atoms. The van der Waals surface area contributed by atoms with Crippen LogP contribution in [0.1, 0.15) is 45.4 Å². The van der Waals surface area contributed by atoms with E-state index in [1.165, 1.54) is 12.8 Å². The van der Waals surface area contributed by atoms with Crippen LogP contribution in [0, 0.1) is 5.92 Å². The first-order valence-electron chi connectivity index (χ1n) is 4.68. The summed E-state index contributed by atoms with van der Waals surface area (Å²) in [5, 5.41) is 9.66. The van der Waals surface area contributed by atoms with Crippen LogP contribution in [0.5, 0.6) is 0 Å². The molecule has 0 saturated heterocycles. The number of hydrogen-bond acceptors (Lipinski definition) is 2. The van der Waals surface area contributed by atoms with Crippen molar-refractivity contribution in [3.63, 3.8) is 0 Å². The van der Waals surface area contributed by atoms with E-state index in [0.717, 1.165) is 25.7 Å². The molecule has 2 nitrogen and oxygen atoms in total. The number of aliphatic hydroxyl groups is 1. The summed E-state index contributed by atoms with van der Waals surface area (Å²) in [6.07, 6.45) is 6.48. The zero-order chi connectivity index (χ0) is 8.32. The lowest BCUT2D eigenvalue weighted by molar-refractivity contribution is 0.0129. The second kappa shape index (κ2) is 3.55. The molecule has 0 aromatic rings. The summed E-state index contributed by atoms with van der Waals surface area (Å²) >= 11 is 0. The van der Waals surface area contributed by atoms with Gasteiger partial charge in [0.15, 0.2) is 0 Å². The van der Waals surface area contributed by atoms with Crippen LogP contribution in [0.25, 0.3) is 0 Å². The molecule has 0 bridgehead atoms. The summed E-state index contributed by atoms with van der Waals surface area (Å²) in [6, 6.07) is 0. The lowest BCUT2D eigenvalue weighted by Crippen LogP contribution is -2.41. The van der Waals surface area contributed by atoms with Gasteiger partial charge in [0.25, 0.3) is 0 Å². The van der Waals surface area contributed by atoms with Gasteiger partial charge in [-0.15, -0.1) is 0 Å². The van der Waals surface area contributed by atoms with Crippen molar-refractivity contribution in [2.75, 3.05) is 0 Å². The van der Waals surface area contributed by atoms with Crippen molar-refractivity contribution in [3.8, 4) is 0 Å². The van der Waals surface area contributed by atoms with Crippen molar-refractivity contribution in [3.05, 3.63) is 0 Å². The van der Waals surface area contributed by atoms with Gasteiger partial charge in [0, 0.05) is 5.92 Å². The van der Waals surface area contributed by atoms with Gasteiger partial charge >= 0.3 is 0 Å². The zero-order valence-corrected chi connectivity index (χ0v) is 7.34. The molecule has 0 aromatic heterocycles. The lowest BCUT2D eigenvalue weighted by atomic mass is 10.0. The van der Waals surface area contributed by atoms with E-state index >= 15 is 0 Å². The maximum Gasteiger partial charge on any atom is 0.116 e. The molecule has 0 aliphatic heterocycles. The highest BCUT2D eigenvalue weighted by atomic mass is 16.3. The van der Waals surface area contributed by atoms with Gasteiger partial charge in [0.05, 0.1) is 0 Å². The molecule has 66 valence electrons. The molecule has 0 radical (unpaired) electrons. The van der Waals surface area contributed by atoms with Gasteiger partial charge in [-0.3, -0.25) is 0 Å². The minimum atomic E-state index is -0.838. The van der Waals surface area contributed by atoms with E-state index in [0.29, 0.717) is 5.92 Å². The Morgan fingerprint density at radius 3 is 2.55 bits per heavy atom. The van der Waals surface area contributed by atoms with E-state index in [1.807, 2.05) is 0 Å². The first kappa shape index (κ1) is 9.01. The highest BCUT2D eigenvalue weighted by molar-refractivity contribution is 4.89. The van der Waals surface area contributed by atoms with E-state index in [1.54, 1.807) is 0 Å². The minimum Gasteiger partial charge on any atom is -0.376 e. The van der Waals surface area contributed by atoms with Gasteiger partial charge < -0.3 is 10.8 Å². The molecule has 0 amide bonds. The number of hydrogen-bond donors (Lipinski definition) is 2. The summed E-state index contributed by atoms with van der Waals surface area (Å²) < 4.78 is 0. The lowest BCUT2D eigenvalue weighted by Gasteiger charge is -2.22. The molecular weight excluding hydrogens is 138 g/mol. The Kier molecular flexibility index (Phi) is 2.90. The second-order valence-corrected chi connectivity index (χ2v) is 3.72. The molecule has 1 aliphatic rings. The van der Waals surface area contributed by atoms with Gasteiger partial charge in [0.2, 0.25) is 0 Å². The summed E-state index contributed by atoms with van der Waals surface area (Å²) in [5.41, 5.74) is 4.88. The van der Waals surface area contributed by atoms with E-state index in [2.05, 4.69) is 6.92 Å². The predicted octanol–water partition coefficient (Wildman–Crippen LogP) is 1.62. The third kappa shape index (κ3) is 2.80. The molecule has 2 heteroatoms. The van der Waals surface area contributed by atoms with Crippen LogP contribution in [0.4, 0.5) is 0 Å². The van der Waals surface area contributed by atoms with Crippen LogP contribution in [0.15, 0.2) is 0 Å². The van der Waals surface area contributed by atoms with Crippen molar-refractivity contribution < 1.29 is 5.11 Å². The minimum absolute atomic E-state index is 0.402. The van der Waals surface area contributed by atoms with E-state index in [-0.39, 0.29) is 0 Å². The molecule has 1 unspecified atom stereocenters. The Bertz CT molecular complexity index is 119. The fourth-order valence-electron chi connectivity index (χ4n) is 1.45. The van der Waals surface area contributed by atoms with Gasteiger partial charge in [0.1, 0.15) is 5.72 Å². The number of unbranched alkanes of at least 4 members (excludes halogenated alkanes) is 2. The van der Waals surface area contributed by atoms with Crippen LogP contribution in [0.2, 0.25) is 0 Å². The molecule has 1 rings (SSSR count). The fraction of sp³-hybridized carbons (Fsp3) is 1.00. The third-order valence-electron chi connectivity index (χ3n) is 2.47. The third-order valence-corrected chi connectivity index (χ3v) is 2.47. The van der Waals surface area contributed by atoms with Crippen molar-refractivity contribution in [2.24, 2.45) is 11.7 Å². The Balaban J connectivity index is 2.12. The Morgan fingerprint density at radius 1 is 1.45 bits per heavy atom. The maximum absolute atomic E-state index is 9.66. The Labute approximate surface area is 68.8 Å². The monoisotopic (exact) mass is 157 g/mol. The van der Waals surface area contributed by atoms with Gasteiger partial charge in [-0.05, 0) is 25.7 Å². The molecule has 1 saturated carbocycles. The SMILES string of the molecule is CCCCCC(N)(O)C1CC1. The summed E-state index contributed by atoms with van der Waals surface area (Å²) in [7, 11) is 0. The normalized spacial score (nSPS) is 23.2. The average Bonchev–Trinajstić information content (AvgIpc) is 2.68. The van der Waals surface area contributed by atoms with Crippen molar-refractivity contribution >= 4 is 0 Å². The Morgan fingerprint density at radius 2 is 2.09 bits per heavy atom. The van der Waals surface area contributed by atoms with Crippen molar-refractivity contribution in [1.29, 1.82) is 0 Å². The van der Waals surface area contributed by atoms with Crippen LogP contribution in [-0.4, -0.2) is 10.8 Å². The van der Waals surface area contributed by atoms with Crippen LogP contribution in [0.3, 0.4) is 0 Å². The van der Waals surface area contributed by atoms with E-state index < -0.39 is 5.72 Å². The first-order chi connectivity index (χ1) is 5.17. The average molecular weight is 157 g/mol. The van der Waals surface area contributed by atoms with Crippen LogP contribution < -0.4 is 5.73 Å². The molecule has 0 aromatic carbocycles. The summed E-state index contributed by atoms with van der Waals surface area (Å²) in [5.74, 6) is 0.402. The van der Waals surface area contributed by atoms with Crippen molar-refractivity contribution in [1.82, 2.24) is 0 Å². The van der Waals surface area contributed by atoms with Crippen molar-refractivity contribution in [2.45, 2.75) is 51.2 Å². The van der Waals surface area contributed by atoms with Gasteiger partial charge in [-0.25, -0.2) is 0 Å². The fourth-order valence-corrected chi connectivity index (χ4v) is 1.45. The Hall–Kier alpha value is -0.0800. The van der Waals surface area contributed by atoms with Gasteiger partial charge in [-0.1, -0.05) is 19.8 Å². The summed E-state index contributed by atoms with van der Waals surface area (Å²) in [6.45, 7) is 2.16. The first-order valence-corrected chi connectivity index (χ1v) is 4.68. The van der Waals surface area contributed by atoms with E-state index in [9.17, 15) is 5.11 Å².